The largest absolute Gasteiger partial charge is 0.480 e. The topological polar surface area (TPSA) is 154 Å². The predicted octanol–water partition coefficient (Wildman–Crippen LogP) is 1.75. The Bertz CT molecular complexity index is 1000. The molecular weight excluding hydrogens is 468 g/mol. The number of nitrogens with zero attached hydrogens (tertiary/aromatic N) is 2. The molecule has 4 N–H and O–H groups in total. The van der Waals surface area contributed by atoms with Crippen molar-refractivity contribution in [2.24, 2.45) is 11.3 Å². The van der Waals surface area contributed by atoms with E-state index >= 15 is 0 Å². The van der Waals surface area contributed by atoms with E-state index in [2.05, 4.69) is 35.5 Å². The maximum Gasteiger partial charge on any atom is 0.317 e. The fourth-order valence-electron chi connectivity index (χ4n) is 6.35. The first kappa shape index (κ1) is 26.3. The summed E-state index contributed by atoms with van der Waals surface area (Å²) in [6.45, 7) is 5.21. The van der Waals surface area contributed by atoms with Crippen molar-refractivity contribution in [2.75, 3.05) is 32.7 Å². The van der Waals surface area contributed by atoms with E-state index in [1.165, 1.54) is 11.3 Å². The molecule has 0 radical (unpaired) electrons. The minimum Gasteiger partial charge on any atom is -0.480 e. The number of ether oxygens (including phenoxy) is 1. The first-order valence-corrected chi connectivity index (χ1v) is 12.6. The normalized spacial score (nSPS) is 30.7. The van der Waals surface area contributed by atoms with E-state index in [1.54, 1.807) is 6.08 Å². The second-order valence-electron chi connectivity index (χ2n) is 10.6. The monoisotopic (exact) mass is 504 g/mol. The summed E-state index contributed by atoms with van der Waals surface area (Å²) >= 11 is 0. The van der Waals surface area contributed by atoms with Crippen LogP contribution < -0.4 is 10.6 Å². The molecule has 2 unspecified atom stereocenters. The van der Waals surface area contributed by atoms with Crippen LogP contribution >= 0.6 is 0 Å². The molecule has 0 bridgehead atoms. The molecule has 11 nitrogen and oxygen atoms in total. The smallest absolute Gasteiger partial charge is 0.317 e. The van der Waals surface area contributed by atoms with E-state index in [1.807, 2.05) is 6.08 Å². The number of allylic oxidation sites excluding steroid dienone is 1. The lowest BCUT2D eigenvalue weighted by atomic mass is 9.71. The van der Waals surface area contributed by atoms with E-state index in [0.717, 1.165) is 25.7 Å². The van der Waals surface area contributed by atoms with Crippen LogP contribution in [0.3, 0.4) is 0 Å². The molecule has 4 atom stereocenters. The van der Waals surface area contributed by atoms with E-state index in [9.17, 15) is 19.7 Å². The van der Waals surface area contributed by atoms with Crippen LogP contribution in [0.4, 0.5) is 0 Å². The van der Waals surface area contributed by atoms with Gasteiger partial charge in [-0.05, 0) is 49.0 Å². The molecule has 11 heteroatoms. The van der Waals surface area contributed by atoms with Crippen molar-refractivity contribution < 1.29 is 29.5 Å². The third-order valence-corrected chi connectivity index (χ3v) is 8.03. The summed E-state index contributed by atoms with van der Waals surface area (Å²) in [7, 11) is 0. The molecule has 198 valence electrons. The van der Waals surface area contributed by atoms with Crippen molar-refractivity contribution in [3.63, 3.8) is 0 Å². The lowest BCUT2D eigenvalue weighted by Crippen LogP contribution is -2.60. The fourth-order valence-corrected chi connectivity index (χ4v) is 6.35. The van der Waals surface area contributed by atoms with E-state index < -0.39 is 29.8 Å². The minimum atomic E-state index is -0.997. The highest BCUT2D eigenvalue weighted by molar-refractivity contribution is 5.69. The van der Waals surface area contributed by atoms with Gasteiger partial charge in [0.1, 0.15) is 0 Å². The molecule has 0 saturated heterocycles. The number of nitrogens with one attached hydrogen (secondary N) is 2. The van der Waals surface area contributed by atoms with Crippen LogP contribution in [0.2, 0.25) is 0 Å². The maximum atomic E-state index is 11.6. The molecule has 0 amide bonds. The number of aliphatic carboxylic acids is 2. The van der Waals surface area contributed by atoms with Gasteiger partial charge in [0.05, 0.1) is 19.2 Å². The molecule has 0 saturated carbocycles. The average molecular weight is 505 g/mol. The predicted molar refractivity (Wildman–Crippen MR) is 131 cm³/mol. The fraction of sp³-hybridized carbons (Fsp3) is 0.680. The minimum absolute atomic E-state index is 0.123. The Hall–Kier alpha value is -2.76. The highest BCUT2D eigenvalue weighted by Crippen LogP contribution is 2.59. The Morgan fingerprint density at radius 1 is 1.19 bits per heavy atom. The third-order valence-electron chi connectivity index (χ3n) is 8.03. The third kappa shape index (κ3) is 4.79. The van der Waals surface area contributed by atoms with Crippen LogP contribution in [0.5, 0.6) is 0 Å². The van der Waals surface area contributed by atoms with Gasteiger partial charge in [0, 0.05) is 48.0 Å². The van der Waals surface area contributed by atoms with Gasteiger partial charge >= 0.3 is 11.9 Å². The quantitative estimate of drug-likeness (QED) is 0.150. The van der Waals surface area contributed by atoms with Crippen LogP contribution in [-0.4, -0.2) is 82.6 Å². The first-order chi connectivity index (χ1) is 17.1. The zero-order chi connectivity index (χ0) is 26.1. The molecule has 0 aromatic rings. The van der Waals surface area contributed by atoms with Crippen molar-refractivity contribution in [3.05, 3.63) is 45.2 Å². The SMILES string of the molecule is CC1(C)C2=C(CCCC2)N(CCNCC(=O)O)C12C=CC1C[C@@H]([N+](=O)[O-])C=C(CNCC(=O)O)[C@H]1O2. The highest BCUT2D eigenvalue weighted by Gasteiger charge is 2.60. The maximum absolute atomic E-state index is 11.6. The molecule has 2 aliphatic heterocycles. The molecule has 0 aromatic carbocycles. The van der Waals surface area contributed by atoms with Gasteiger partial charge in [0.15, 0.2) is 5.72 Å². The molecule has 4 rings (SSSR count). The summed E-state index contributed by atoms with van der Waals surface area (Å²) in [6.07, 6.45) is 9.71. The van der Waals surface area contributed by atoms with Gasteiger partial charge in [-0.2, -0.15) is 0 Å². The number of carboxylic acids is 2. The van der Waals surface area contributed by atoms with Gasteiger partial charge < -0.3 is 30.5 Å². The van der Waals surface area contributed by atoms with Gasteiger partial charge in [-0.15, -0.1) is 0 Å². The number of carboxylic acid groups (broad SMARTS) is 2. The van der Waals surface area contributed by atoms with Crippen molar-refractivity contribution >= 4 is 11.9 Å². The molecule has 36 heavy (non-hydrogen) atoms. The van der Waals surface area contributed by atoms with Crippen molar-refractivity contribution in [3.8, 4) is 0 Å². The van der Waals surface area contributed by atoms with Gasteiger partial charge in [-0.25, -0.2) is 0 Å². The molecular formula is C25H36N4O7. The molecule has 2 aliphatic carbocycles. The number of hydrogen-bond donors (Lipinski definition) is 4. The van der Waals surface area contributed by atoms with E-state index in [0.29, 0.717) is 25.1 Å². The number of carbonyl (C=O) groups is 2. The van der Waals surface area contributed by atoms with Crippen molar-refractivity contribution in [1.82, 2.24) is 15.5 Å². The van der Waals surface area contributed by atoms with Crippen LogP contribution in [0.1, 0.15) is 46.0 Å². The van der Waals surface area contributed by atoms with E-state index in [-0.39, 0.29) is 35.9 Å². The lowest BCUT2D eigenvalue weighted by Gasteiger charge is -2.52. The summed E-state index contributed by atoms with van der Waals surface area (Å²) in [5.41, 5.74) is 2.11. The standard InChI is InChI=1S/C25H36N4O7/c1-24(2)19-5-3-4-6-20(19)28(10-9-26-14-21(30)31)25(24)8-7-16-11-18(29(34)35)12-17(23(16)36-25)13-27-15-22(32)33/h7-8,12,16,18,23,26-27H,3-6,9-11,13-15H2,1-2H3,(H,30,31)(H,32,33)/t16?,18-,23+,25?/m1/s1. The number of fused-ring (bicyclic) bond motifs is 1. The number of nitro groups is 1. The summed E-state index contributed by atoms with van der Waals surface area (Å²) < 4.78 is 7.01. The zero-order valence-electron chi connectivity index (χ0n) is 20.9. The zero-order valence-corrected chi connectivity index (χ0v) is 20.9. The summed E-state index contributed by atoms with van der Waals surface area (Å²) in [6, 6.07) is -0.852. The summed E-state index contributed by atoms with van der Waals surface area (Å²) in [5, 5.41) is 35.6. The molecule has 2 heterocycles. The van der Waals surface area contributed by atoms with Gasteiger partial charge in [-0.3, -0.25) is 19.7 Å². The van der Waals surface area contributed by atoms with Gasteiger partial charge in [0.2, 0.25) is 6.04 Å². The second kappa shape index (κ2) is 10.3. The van der Waals surface area contributed by atoms with Gasteiger partial charge in [0.25, 0.3) is 0 Å². The molecule has 0 fully saturated rings. The Balaban J connectivity index is 1.66. The van der Waals surface area contributed by atoms with Crippen molar-refractivity contribution in [1.29, 1.82) is 0 Å². The number of hydrogen-bond acceptors (Lipinski definition) is 8. The van der Waals surface area contributed by atoms with Crippen molar-refractivity contribution in [2.45, 2.75) is 63.8 Å². The van der Waals surface area contributed by atoms with E-state index in [4.69, 9.17) is 14.9 Å². The van der Waals surface area contributed by atoms with Crippen LogP contribution in [0, 0.1) is 21.4 Å². The number of rotatable bonds is 10. The summed E-state index contributed by atoms with van der Waals surface area (Å²) in [5.74, 6) is -2.10. The second-order valence-corrected chi connectivity index (χ2v) is 10.6. The van der Waals surface area contributed by atoms with Crippen LogP contribution in [0.25, 0.3) is 0 Å². The van der Waals surface area contributed by atoms with Crippen LogP contribution in [-0.2, 0) is 14.3 Å². The Labute approximate surface area is 210 Å². The van der Waals surface area contributed by atoms with Crippen LogP contribution in [0.15, 0.2) is 35.1 Å². The molecule has 1 spiro atoms. The lowest BCUT2D eigenvalue weighted by molar-refractivity contribution is -0.512. The summed E-state index contributed by atoms with van der Waals surface area (Å²) in [4.78, 5) is 35.7. The molecule has 0 aromatic heterocycles. The highest BCUT2D eigenvalue weighted by atomic mass is 16.6. The molecule has 4 aliphatic rings. The van der Waals surface area contributed by atoms with Gasteiger partial charge in [-0.1, -0.05) is 19.9 Å². The Kier molecular flexibility index (Phi) is 7.53. The average Bonchev–Trinajstić information content (AvgIpc) is 3.00. The Morgan fingerprint density at radius 3 is 2.58 bits per heavy atom. The Morgan fingerprint density at radius 2 is 1.89 bits per heavy atom. The first-order valence-electron chi connectivity index (χ1n) is 12.6.